The van der Waals surface area contributed by atoms with E-state index in [1.54, 1.807) is 4.57 Å². The predicted molar refractivity (Wildman–Crippen MR) is 107 cm³/mol. The Kier molecular flexibility index (Phi) is 5.40. The van der Waals surface area contributed by atoms with E-state index < -0.39 is 5.92 Å². The number of quaternary nitrogens is 1. The van der Waals surface area contributed by atoms with Crippen molar-refractivity contribution in [2.75, 3.05) is 20.6 Å². The van der Waals surface area contributed by atoms with Gasteiger partial charge < -0.3 is 19.9 Å². The number of rotatable bonds is 4. The highest BCUT2D eigenvalue weighted by molar-refractivity contribution is 9.10. The molecular weight excluding hydrogens is 408 g/mol. The SMILES string of the molecule is Cc1cc2c(c(=O)n1CC[NH+](C)C)[C@@H](c1ccc(Br)cc1)C(C#N)=C(N)O2. The average Bonchev–Trinajstić information content (AvgIpc) is 2.61. The molecule has 0 bridgehead atoms. The van der Waals surface area contributed by atoms with Crippen molar-refractivity contribution >= 4 is 15.9 Å². The van der Waals surface area contributed by atoms with E-state index in [1.807, 2.05) is 51.4 Å². The molecule has 2 heterocycles. The molecule has 0 radical (unpaired) electrons. The molecule has 1 aliphatic heterocycles. The minimum Gasteiger partial charge on any atom is -0.440 e. The van der Waals surface area contributed by atoms with Gasteiger partial charge in [-0.05, 0) is 24.6 Å². The third-order valence-corrected chi connectivity index (χ3v) is 5.26. The number of fused-ring (bicyclic) bond motifs is 1. The summed E-state index contributed by atoms with van der Waals surface area (Å²) in [6.45, 7) is 3.28. The number of pyridine rings is 1. The zero-order valence-electron chi connectivity index (χ0n) is 15.5. The minimum absolute atomic E-state index is 0.0483. The smallest absolute Gasteiger partial charge is 0.258 e. The van der Waals surface area contributed by atoms with Gasteiger partial charge in [-0.15, -0.1) is 0 Å². The molecule has 1 aromatic carbocycles. The van der Waals surface area contributed by atoms with E-state index >= 15 is 0 Å². The van der Waals surface area contributed by atoms with Crippen molar-refractivity contribution < 1.29 is 9.64 Å². The molecule has 0 amide bonds. The molecule has 3 N–H and O–H groups in total. The van der Waals surface area contributed by atoms with Crippen molar-refractivity contribution in [3.63, 3.8) is 0 Å². The van der Waals surface area contributed by atoms with Crippen LogP contribution in [0.15, 0.2) is 51.1 Å². The summed E-state index contributed by atoms with van der Waals surface area (Å²) in [5.41, 5.74) is 8.23. The second-order valence-corrected chi connectivity index (χ2v) is 7.87. The summed E-state index contributed by atoms with van der Waals surface area (Å²) in [7, 11) is 4.09. The molecule has 0 spiro atoms. The predicted octanol–water partition coefficient (Wildman–Crippen LogP) is 1.28. The second kappa shape index (κ2) is 7.59. The number of aromatic nitrogens is 1. The van der Waals surface area contributed by atoms with Crippen LogP contribution in [0.2, 0.25) is 0 Å². The molecular formula is C20H22BrN4O2+. The van der Waals surface area contributed by atoms with E-state index in [4.69, 9.17) is 10.5 Å². The summed E-state index contributed by atoms with van der Waals surface area (Å²) < 4.78 is 8.33. The number of nitrogens with two attached hydrogens (primary N) is 1. The highest BCUT2D eigenvalue weighted by Gasteiger charge is 2.34. The molecule has 1 aromatic heterocycles. The Hall–Kier alpha value is -2.56. The van der Waals surface area contributed by atoms with Crippen LogP contribution in [-0.2, 0) is 6.54 Å². The molecule has 140 valence electrons. The average molecular weight is 430 g/mol. The lowest BCUT2D eigenvalue weighted by molar-refractivity contribution is -0.858. The summed E-state index contributed by atoms with van der Waals surface area (Å²) in [6, 6.07) is 11.5. The number of nitrogens with one attached hydrogen (secondary N) is 1. The quantitative estimate of drug-likeness (QED) is 0.766. The van der Waals surface area contributed by atoms with Gasteiger partial charge in [0, 0.05) is 16.2 Å². The van der Waals surface area contributed by atoms with E-state index in [-0.39, 0.29) is 17.0 Å². The van der Waals surface area contributed by atoms with Gasteiger partial charge in [0.25, 0.3) is 5.56 Å². The molecule has 1 atom stereocenters. The first-order valence-electron chi connectivity index (χ1n) is 8.70. The van der Waals surface area contributed by atoms with Crippen molar-refractivity contribution in [1.29, 1.82) is 5.26 Å². The van der Waals surface area contributed by atoms with Gasteiger partial charge in [-0.2, -0.15) is 5.26 Å². The number of hydrogen-bond acceptors (Lipinski definition) is 4. The van der Waals surface area contributed by atoms with Crippen LogP contribution < -0.4 is 20.9 Å². The van der Waals surface area contributed by atoms with E-state index in [1.165, 1.54) is 4.90 Å². The summed E-state index contributed by atoms with van der Waals surface area (Å²) >= 11 is 3.42. The van der Waals surface area contributed by atoms with Gasteiger partial charge in [0.2, 0.25) is 5.88 Å². The van der Waals surface area contributed by atoms with E-state index in [9.17, 15) is 10.1 Å². The normalized spacial score (nSPS) is 16.1. The first-order chi connectivity index (χ1) is 12.8. The van der Waals surface area contributed by atoms with Crippen molar-refractivity contribution in [1.82, 2.24) is 4.57 Å². The molecule has 0 unspecified atom stereocenters. The molecule has 2 aromatic rings. The maximum Gasteiger partial charge on any atom is 0.258 e. The van der Waals surface area contributed by atoms with Crippen LogP contribution in [0.4, 0.5) is 0 Å². The summed E-state index contributed by atoms with van der Waals surface area (Å²) in [5.74, 6) is -0.0690. The standard InChI is InChI=1S/C20H21BrN4O2/c1-12-10-16-18(20(26)25(12)9-8-24(2)3)17(15(11-22)19(23)27-16)13-4-6-14(21)7-5-13/h4-7,10,17H,8-9,23H2,1-3H3/p+1/t17-/m0/s1. The minimum atomic E-state index is -0.544. The first kappa shape index (κ1) is 19.2. The lowest BCUT2D eigenvalue weighted by atomic mass is 9.84. The lowest BCUT2D eigenvalue weighted by Crippen LogP contribution is -3.06. The van der Waals surface area contributed by atoms with Crippen LogP contribution in [0.1, 0.15) is 22.7 Å². The maximum atomic E-state index is 13.4. The van der Waals surface area contributed by atoms with Crippen LogP contribution >= 0.6 is 15.9 Å². The number of benzene rings is 1. The Morgan fingerprint density at radius 1 is 1.33 bits per heavy atom. The Labute approximate surface area is 166 Å². The highest BCUT2D eigenvalue weighted by Crippen LogP contribution is 2.40. The molecule has 6 nitrogen and oxygen atoms in total. The fraction of sp³-hybridized carbons (Fsp3) is 0.300. The van der Waals surface area contributed by atoms with Gasteiger partial charge in [0.15, 0.2) is 0 Å². The summed E-state index contributed by atoms with van der Waals surface area (Å²) in [6.07, 6.45) is 0. The Morgan fingerprint density at radius 3 is 2.59 bits per heavy atom. The van der Waals surface area contributed by atoms with Gasteiger partial charge in [0.1, 0.15) is 17.4 Å². The molecule has 0 aliphatic carbocycles. The first-order valence-corrected chi connectivity index (χ1v) is 9.49. The Bertz CT molecular complexity index is 1000. The third-order valence-electron chi connectivity index (χ3n) is 4.73. The number of aryl methyl sites for hydroxylation is 1. The fourth-order valence-corrected chi connectivity index (χ4v) is 3.55. The van der Waals surface area contributed by atoms with E-state index in [2.05, 4.69) is 22.0 Å². The molecule has 0 saturated carbocycles. The molecule has 1 aliphatic rings. The van der Waals surface area contributed by atoms with Crippen molar-refractivity contribution in [3.05, 3.63) is 73.4 Å². The van der Waals surface area contributed by atoms with Gasteiger partial charge in [0.05, 0.1) is 38.7 Å². The third kappa shape index (κ3) is 3.64. The number of halogens is 1. The Morgan fingerprint density at radius 2 is 2.00 bits per heavy atom. The lowest BCUT2D eigenvalue weighted by Gasteiger charge is -2.27. The highest BCUT2D eigenvalue weighted by atomic mass is 79.9. The van der Waals surface area contributed by atoms with Crippen LogP contribution in [0, 0.1) is 18.3 Å². The molecule has 0 saturated heterocycles. The number of likely N-dealkylation sites (N-methyl/N-ethyl adjacent to an activating group) is 1. The summed E-state index contributed by atoms with van der Waals surface area (Å²) in [4.78, 5) is 14.6. The number of allylic oxidation sites excluding steroid dienone is 1. The van der Waals surface area contributed by atoms with Gasteiger partial charge >= 0.3 is 0 Å². The molecule has 27 heavy (non-hydrogen) atoms. The van der Waals surface area contributed by atoms with Crippen LogP contribution in [0.3, 0.4) is 0 Å². The Balaban J connectivity index is 2.22. The molecule has 3 rings (SSSR count). The number of nitriles is 1. The van der Waals surface area contributed by atoms with Crippen molar-refractivity contribution in [2.45, 2.75) is 19.4 Å². The van der Waals surface area contributed by atoms with Crippen LogP contribution in [0.5, 0.6) is 5.75 Å². The number of nitrogens with zero attached hydrogens (tertiary/aromatic N) is 2. The number of ether oxygens (including phenoxy) is 1. The van der Waals surface area contributed by atoms with Crippen molar-refractivity contribution in [3.8, 4) is 11.8 Å². The van der Waals surface area contributed by atoms with E-state index in [0.29, 0.717) is 17.9 Å². The monoisotopic (exact) mass is 429 g/mol. The summed E-state index contributed by atoms with van der Waals surface area (Å²) in [5, 5.41) is 9.67. The largest absolute Gasteiger partial charge is 0.440 e. The number of hydrogen-bond donors (Lipinski definition) is 2. The zero-order chi connectivity index (χ0) is 19.7. The van der Waals surface area contributed by atoms with Gasteiger partial charge in [-0.1, -0.05) is 28.1 Å². The van der Waals surface area contributed by atoms with Crippen LogP contribution in [-0.4, -0.2) is 25.2 Å². The zero-order valence-corrected chi connectivity index (χ0v) is 17.1. The van der Waals surface area contributed by atoms with Gasteiger partial charge in [-0.3, -0.25) is 4.79 Å². The van der Waals surface area contributed by atoms with Crippen molar-refractivity contribution in [2.24, 2.45) is 5.73 Å². The second-order valence-electron chi connectivity index (χ2n) is 6.95. The maximum absolute atomic E-state index is 13.4. The van der Waals surface area contributed by atoms with E-state index in [0.717, 1.165) is 22.3 Å². The topological polar surface area (TPSA) is 85.5 Å². The fourth-order valence-electron chi connectivity index (χ4n) is 3.29. The van der Waals surface area contributed by atoms with Gasteiger partial charge in [-0.25, -0.2) is 0 Å². The molecule has 7 heteroatoms. The van der Waals surface area contributed by atoms with Crippen LogP contribution in [0.25, 0.3) is 0 Å². The molecule has 0 fully saturated rings.